The maximum Gasteiger partial charge on any atom is 0.306 e. The van der Waals surface area contributed by atoms with Crippen molar-refractivity contribution < 1.29 is 19.4 Å². The molecule has 1 fully saturated rings. The van der Waals surface area contributed by atoms with Gasteiger partial charge in [0.05, 0.1) is 18.3 Å². The topological polar surface area (TPSA) is 55.8 Å². The number of aliphatic hydroxyl groups excluding tert-OH is 1. The summed E-state index contributed by atoms with van der Waals surface area (Å²) in [5.74, 6) is -0.0836. The maximum atomic E-state index is 12.6. The largest absolute Gasteiger partial charge is 0.459 e. The van der Waals surface area contributed by atoms with Gasteiger partial charge in [-0.3, -0.25) is 4.79 Å². The molecule has 4 atom stereocenters. The zero-order chi connectivity index (χ0) is 27.0. The van der Waals surface area contributed by atoms with E-state index in [0.29, 0.717) is 12.8 Å². The Labute approximate surface area is 230 Å². The zero-order valence-corrected chi connectivity index (χ0v) is 24.7. The third-order valence-corrected chi connectivity index (χ3v) is 7.93. The summed E-state index contributed by atoms with van der Waals surface area (Å²) in [7, 11) is 0. The lowest BCUT2D eigenvalue weighted by molar-refractivity contribution is -0.152. The Hall–Kier alpha value is -0.870. The van der Waals surface area contributed by atoms with Gasteiger partial charge in [0.25, 0.3) is 0 Å². The fraction of sp³-hybridized carbons (Fsp3) is 0.909. The molecule has 0 amide bonds. The van der Waals surface area contributed by atoms with Crippen LogP contribution in [0, 0.1) is 0 Å². The first kappa shape index (κ1) is 34.2. The molecule has 4 heteroatoms. The lowest BCUT2D eigenvalue weighted by Gasteiger charge is -2.20. The van der Waals surface area contributed by atoms with Gasteiger partial charge in [0.15, 0.2) is 0 Å². The van der Waals surface area contributed by atoms with Gasteiger partial charge >= 0.3 is 5.97 Å². The molecule has 4 nitrogen and oxygen atoms in total. The monoisotopic (exact) mass is 522 g/mol. The minimum absolute atomic E-state index is 0.0635. The van der Waals surface area contributed by atoms with Crippen LogP contribution in [0.3, 0.4) is 0 Å². The van der Waals surface area contributed by atoms with E-state index >= 15 is 0 Å². The highest BCUT2D eigenvalue weighted by Crippen LogP contribution is 2.31. The average molecular weight is 523 g/mol. The van der Waals surface area contributed by atoms with E-state index in [1.165, 1.54) is 83.5 Å². The van der Waals surface area contributed by atoms with Gasteiger partial charge in [0, 0.05) is 12.8 Å². The predicted molar refractivity (Wildman–Crippen MR) is 157 cm³/mol. The van der Waals surface area contributed by atoms with Crippen molar-refractivity contribution in [2.75, 3.05) is 0 Å². The second-order valence-corrected chi connectivity index (χ2v) is 11.5. The van der Waals surface area contributed by atoms with Crippen molar-refractivity contribution in [1.82, 2.24) is 0 Å². The normalized spacial score (nSPS) is 20.2. The molecule has 0 aliphatic carbocycles. The molecule has 1 aliphatic heterocycles. The van der Waals surface area contributed by atoms with E-state index in [2.05, 4.69) is 20.4 Å². The maximum absolute atomic E-state index is 12.6. The molecule has 1 rings (SSSR count). The van der Waals surface area contributed by atoms with Crippen LogP contribution in [0.5, 0.6) is 0 Å². The molecule has 0 aromatic heterocycles. The number of hydrogen-bond acceptors (Lipinski definition) is 4. The molecule has 0 radical (unpaired) electrons. The van der Waals surface area contributed by atoms with Crippen LogP contribution in [0.15, 0.2) is 12.7 Å². The quantitative estimate of drug-likeness (QED) is 0.0698. The Morgan fingerprint density at radius 2 is 1.38 bits per heavy atom. The second-order valence-electron chi connectivity index (χ2n) is 11.5. The van der Waals surface area contributed by atoms with Crippen LogP contribution < -0.4 is 0 Å². The van der Waals surface area contributed by atoms with E-state index in [1.807, 2.05) is 6.08 Å². The number of ether oxygens (including phenoxy) is 2. The second kappa shape index (κ2) is 24.2. The number of carbonyl (C=O) groups is 1. The van der Waals surface area contributed by atoms with Crippen LogP contribution in [-0.2, 0) is 14.3 Å². The van der Waals surface area contributed by atoms with Crippen molar-refractivity contribution in [3.63, 3.8) is 0 Å². The number of rotatable bonds is 26. The lowest BCUT2D eigenvalue weighted by atomic mass is 10.00. The minimum Gasteiger partial charge on any atom is -0.459 e. The van der Waals surface area contributed by atoms with Crippen molar-refractivity contribution in [2.24, 2.45) is 0 Å². The first-order valence-electron chi connectivity index (χ1n) is 16.3. The molecule has 0 aromatic rings. The summed E-state index contributed by atoms with van der Waals surface area (Å²) in [5.41, 5.74) is 0. The number of allylic oxidation sites excluding steroid dienone is 1. The minimum atomic E-state index is -0.461. The average Bonchev–Trinajstić information content (AvgIpc) is 3.29. The molecule has 0 spiro atoms. The first-order chi connectivity index (χ1) is 18.1. The third-order valence-electron chi connectivity index (χ3n) is 7.93. The Balaban J connectivity index is 2.25. The number of esters is 1. The third kappa shape index (κ3) is 18.1. The molecule has 37 heavy (non-hydrogen) atoms. The first-order valence-corrected chi connectivity index (χ1v) is 16.3. The molecule has 218 valence electrons. The SMILES string of the molecule is C=CCCCCCCC[C@@H](O)[C@H]1C[C@H](OC(=O)CCCCCCCCCCCCC)[C@H](CCCCC)O1. The smallest absolute Gasteiger partial charge is 0.306 e. The summed E-state index contributed by atoms with van der Waals surface area (Å²) in [6, 6.07) is 0. The van der Waals surface area contributed by atoms with Crippen LogP contribution in [0.2, 0.25) is 0 Å². The molecular weight excluding hydrogens is 460 g/mol. The highest BCUT2D eigenvalue weighted by Gasteiger charge is 2.40. The molecule has 0 aromatic carbocycles. The Morgan fingerprint density at radius 3 is 2.00 bits per heavy atom. The van der Waals surface area contributed by atoms with E-state index < -0.39 is 6.10 Å². The van der Waals surface area contributed by atoms with E-state index in [-0.39, 0.29) is 24.3 Å². The molecule has 0 bridgehead atoms. The number of carbonyl (C=O) groups excluding carboxylic acids is 1. The number of aliphatic hydroxyl groups is 1. The molecule has 1 heterocycles. The van der Waals surface area contributed by atoms with Crippen molar-refractivity contribution in [2.45, 2.75) is 192 Å². The fourth-order valence-electron chi connectivity index (χ4n) is 5.49. The highest BCUT2D eigenvalue weighted by molar-refractivity contribution is 5.69. The fourth-order valence-corrected chi connectivity index (χ4v) is 5.49. The van der Waals surface area contributed by atoms with Crippen LogP contribution >= 0.6 is 0 Å². The zero-order valence-electron chi connectivity index (χ0n) is 24.7. The molecule has 0 unspecified atom stereocenters. The van der Waals surface area contributed by atoms with E-state index in [4.69, 9.17) is 9.47 Å². The summed E-state index contributed by atoms with van der Waals surface area (Å²) < 4.78 is 12.2. The lowest BCUT2D eigenvalue weighted by Crippen LogP contribution is -2.27. The van der Waals surface area contributed by atoms with Gasteiger partial charge in [-0.1, -0.05) is 129 Å². The van der Waals surface area contributed by atoms with Gasteiger partial charge in [-0.15, -0.1) is 6.58 Å². The summed E-state index contributed by atoms with van der Waals surface area (Å²) >= 11 is 0. The predicted octanol–water partition coefficient (Wildman–Crippen LogP) is 9.61. The highest BCUT2D eigenvalue weighted by atomic mass is 16.6. The standard InChI is InChI=1S/C33H62O4/c1-4-7-10-12-14-15-16-17-19-21-24-27-33(35)37-32-28-31(36-30(32)26-22-9-6-3)29(34)25-23-20-18-13-11-8-5-2/h5,29-32,34H,2,4,6-28H2,1,3H3/t29-,30+,31-,32+/m1/s1. The number of hydrogen-bond donors (Lipinski definition) is 1. The summed E-state index contributed by atoms with van der Waals surface area (Å²) in [6.45, 7) is 8.24. The molecule has 1 N–H and O–H groups in total. The van der Waals surface area contributed by atoms with Gasteiger partial charge < -0.3 is 14.6 Å². The van der Waals surface area contributed by atoms with Crippen molar-refractivity contribution in [3.05, 3.63) is 12.7 Å². The Kier molecular flexibility index (Phi) is 22.3. The van der Waals surface area contributed by atoms with Crippen molar-refractivity contribution >= 4 is 5.97 Å². The van der Waals surface area contributed by atoms with E-state index in [1.54, 1.807) is 0 Å². The van der Waals surface area contributed by atoms with Gasteiger partial charge in [0.2, 0.25) is 0 Å². The van der Waals surface area contributed by atoms with Gasteiger partial charge in [-0.25, -0.2) is 0 Å². The van der Waals surface area contributed by atoms with Crippen LogP contribution in [0.4, 0.5) is 0 Å². The van der Waals surface area contributed by atoms with Crippen LogP contribution in [0.1, 0.15) is 168 Å². The summed E-state index contributed by atoms with van der Waals surface area (Å²) in [4.78, 5) is 12.6. The Morgan fingerprint density at radius 1 is 0.838 bits per heavy atom. The van der Waals surface area contributed by atoms with Gasteiger partial charge in [0.1, 0.15) is 6.10 Å². The van der Waals surface area contributed by atoms with E-state index in [0.717, 1.165) is 57.8 Å². The molecule has 1 aliphatic rings. The van der Waals surface area contributed by atoms with E-state index in [9.17, 15) is 9.90 Å². The summed E-state index contributed by atoms with van der Waals surface area (Å²) in [5, 5.41) is 10.8. The van der Waals surface area contributed by atoms with Gasteiger partial charge in [-0.05, 0) is 32.1 Å². The Bertz CT molecular complexity index is 534. The molecule has 1 saturated heterocycles. The number of unbranched alkanes of at least 4 members (excludes halogenated alkanes) is 17. The summed E-state index contributed by atoms with van der Waals surface area (Å²) in [6.07, 6.45) is 28.3. The van der Waals surface area contributed by atoms with Crippen molar-refractivity contribution in [1.29, 1.82) is 0 Å². The van der Waals surface area contributed by atoms with Crippen LogP contribution in [-0.4, -0.2) is 35.5 Å². The molecule has 0 saturated carbocycles. The van der Waals surface area contributed by atoms with Crippen molar-refractivity contribution in [3.8, 4) is 0 Å². The van der Waals surface area contributed by atoms with Gasteiger partial charge in [-0.2, -0.15) is 0 Å². The molecular formula is C33H62O4. The van der Waals surface area contributed by atoms with Crippen LogP contribution in [0.25, 0.3) is 0 Å².